The number of carbonyl (C=O) groups is 1. The lowest BCUT2D eigenvalue weighted by Gasteiger charge is -2.27. The second kappa shape index (κ2) is 9.62. The molecule has 0 bridgehead atoms. The zero-order chi connectivity index (χ0) is 22.6. The molecule has 3 aromatic carbocycles. The number of nitrogens with zero attached hydrogens (tertiary/aromatic N) is 1. The Bertz CT molecular complexity index is 1180. The Hall–Kier alpha value is -2.71. The van der Waals surface area contributed by atoms with Crippen LogP contribution in [-0.4, -0.2) is 25.3 Å². The van der Waals surface area contributed by atoms with Gasteiger partial charge in [0.25, 0.3) is 5.91 Å². The summed E-state index contributed by atoms with van der Waals surface area (Å²) >= 11 is 3.41. The van der Waals surface area contributed by atoms with Crippen molar-refractivity contribution in [1.29, 1.82) is 0 Å². The van der Waals surface area contributed by atoms with Crippen molar-refractivity contribution in [3.8, 4) is 5.75 Å². The predicted octanol–water partition coefficient (Wildman–Crippen LogP) is 5.41. The van der Waals surface area contributed by atoms with Gasteiger partial charge in [0.05, 0.1) is 5.56 Å². The first-order valence-electron chi connectivity index (χ1n) is 9.52. The first-order chi connectivity index (χ1) is 14.7. The van der Waals surface area contributed by atoms with E-state index in [1.165, 1.54) is 6.07 Å². The van der Waals surface area contributed by atoms with Crippen molar-refractivity contribution in [3.05, 3.63) is 94.2 Å². The van der Waals surface area contributed by atoms with E-state index in [9.17, 15) is 17.6 Å². The van der Waals surface area contributed by atoms with Gasteiger partial charge >= 0.3 is 10.1 Å². The summed E-state index contributed by atoms with van der Waals surface area (Å²) in [5.74, 6) is -0.573. The van der Waals surface area contributed by atoms with Crippen molar-refractivity contribution >= 4 is 32.0 Å². The summed E-state index contributed by atoms with van der Waals surface area (Å²) in [6.07, 6.45) is 0. The quantitative estimate of drug-likeness (QED) is 0.403. The van der Waals surface area contributed by atoms with Crippen molar-refractivity contribution < 1.29 is 21.8 Å². The largest absolute Gasteiger partial charge is 0.379 e. The van der Waals surface area contributed by atoms with Crippen molar-refractivity contribution in [2.75, 3.05) is 0 Å². The predicted molar refractivity (Wildman–Crippen MR) is 120 cm³/mol. The molecule has 1 amide bonds. The van der Waals surface area contributed by atoms with Crippen LogP contribution < -0.4 is 4.18 Å². The van der Waals surface area contributed by atoms with E-state index in [1.807, 2.05) is 19.9 Å². The van der Waals surface area contributed by atoms with E-state index < -0.39 is 15.9 Å². The summed E-state index contributed by atoms with van der Waals surface area (Å²) < 4.78 is 43.9. The van der Waals surface area contributed by atoms with Gasteiger partial charge in [-0.1, -0.05) is 24.3 Å². The van der Waals surface area contributed by atoms with Crippen LogP contribution in [0.4, 0.5) is 4.39 Å². The standard InChI is InChI=1S/C23H21BrFNO4S/c1-16(2)26(23(27)21-8-3-4-9-22(21)24)15-17-6-5-7-19(14-17)30-31(28,29)20-12-10-18(25)11-13-20/h3-14,16H,15H2,1-2H3. The van der Waals surface area contributed by atoms with Gasteiger partial charge < -0.3 is 9.08 Å². The molecule has 0 N–H and O–H groups in total. The summed E-state index contributed by atoms with van der Waals surface area (Å²) in [6, 6.07) is 18.0. The maximum Gasteiger partial charge on any atom is 0.339 e. The number of hydrogen-bond donors (Lipinski definition) is 0. The van der Waals surface area contributed by atoms with Gasteiger partial charge in [0.15, 0.2) is 0 Å². The van der Waals surface area contributed by atoms with Crippen LogP contribution in [0.2, 0.25) is 0 Å². The summed E-state index contributed by atoms with van der Waals surface area (Å²) in [6.45, 7) is 4.09. The number of amides is 1. The second-order valence-electron chi connectivity index (χ2n) is 7.15. The highest BCUT2D eigenvalue weighted by Gasteiger charge is 2.22. The van der Waals surface area contributed by atoms with Crippen LogP contribution in [0.3, 0.4) is 0 Å². The van der Waals surface area contributed by atoms with Crippen LogP contribution in [0.5, 0.6) is 5.75 Å². The van der Waals surface area contributed by atoms with Crippen molar-refractivity contribution in [3.63, 3.8) is 0 Å². The van der Waals surface area contributed by atoms with Gasteiger partial charge in [-0.15, -0.1) is 0 Å². The number of halogens is 2. The minimum absolute atomic E-state index is 0.0906. The van der Waals surface area contributed by atoms with Crippen LogP contribution in [0.1, 0.15) is 29.8 Å². The third-order valence-corrected chi connectivity index (χ3v) is 6.50. The molecule has 0 aromatic heterocycles. The molecule has 0 aliphatic rings. The molecule has 3 rings (SSSR count). The molecule has 8 heteroatoms. The molecule has 0 saturated carbocycles. The number of carbonyl (C=O) groups excluding carboxylic acids is 1. The van der Waals surface area contributed by atoms with Gasteiger partial charge in [-0.25, -0.2) is 4.39 Å². The highest BCUT2D eigenvalue weighted by atomic mass is 79.9. The van der Waals surface area contributed by atoms with Crippen molar-refractivity contribution in [2.45, 2.75) is 31.3 Å². The van der Waals surface area contributed by atoms with E-state index in [0.29, 0.717) is 15.6 Å². The lowest BCUT2D eigenvalue weighted by atomic mass is 10.1. The Morgan fingerprint density at radius 3 is 2.35 bits per heavy atom. The molecule has 0 heterocycles. The molecule has 162 valence electrons. The lowest BCUT2D eigenvalue weighted by molar-refractivity contribution is 0.0689. The molecule has 0 atom stereocenters. The minimum atomic E-state index is -4.11. The van der Waals surface area contributed by atoms with Crippen LogP contribution in [0.25, 0.3) is 0 Å². The van der Waals surface area contributed by atoms with Gasteiger partial charge in [0.1, 0.15) is 16.5 Å². The smallest absolute Gasteiger partial charge is 0.339 e. The van der Waals surface area contributed by atoms with E-state index in [1.54, 1.807) is 41.3 Å². The maximum atomic E-state index is 13.1. The highest BCUT2D eigenvalue weighted by Crippen LogP contribution is 2.24. The SMILES string of the molecule is CC(C)N(Cc1cccc(OS(=O)(=O)c2ccc(F)cc2)c1)C(=O)c1ccccc1Br. The molecule has 5 nitrogen and oxygen atoms in total. The molecular formula is C23H21BrFNO4S. The number of rotatable bonds is 7. The molecule has 0 radical (unpaired) electrons. The summed E-state index contributed by atoms with van der Waals surface area (Å²) in [5.41, 5.74) is 1.25. The Labute approximate surface area is 189 Å². The molecule has 0 unspecified atom stereocenters. The van der Waals surface area contributed by atoms with Crippen LogP contribution in [-0.2, 0) is 16.7 Å². The second-order valence-corrected chi connectivity index (χ2v) is 9.55. The van der Waals surface area contributed by atoms with E-state index >= 15 is 0 Å². The molecular weight excluding hydrogens is 485 g/mol. The Morgan fingerprint density at radius 2 is 1.71 bits per heavy atom. The molecule has 0 fully saturated rings. The van der Waals surface area contributed by atoms with E-state index in [2.05, 4.69) is 15.9 Å². The average molecular weight is 506 g/mol. The average Bonchev–Trinajstić information content (AvgIpc) is 2.72. The first-order valence-corrected chi connectivity index (χ1v) is 11.7. The van der Waals surface area contributed by atoms with Gasteiger partial charge in [-0.2, -0.15) is 8.42 Å². The topological polar surface area (TPSA) is 63.7 Å². The van der Waals surface area contributed by atoms with Crippen LogP contribution in [0, 0.1) is 5.82 Å². The van der Waals surface area contributed by atoms with Gasteiger partial charge in [0.2, 0.25) is 0 Å². The fourth-order valence-electron chi connectivity index (χ4n) is 2.95. The molecule has 31 heavy (non-hydrogen) atoms. The van der Waals surface area contributed by atoms with Crippen LogP contribution in [0.15, 0.2) is 82.2 Å². The Kier molecular flexibility index (Phi) is 7.12. The zero-order valence-corrected chi connectivity index (χ0v) is 19.4. The lowest BCUT2D eigenvalue weighted by Crippen LogP contribution is -2.36. The number of benzene rings is 3. The van der Waals surface area contributed by atoms with Crippen LogP contribution >= 0.6 is 15.9 Å². The fraction of sp³-hybridized carbons (Fsp3) is 0.174. The third kappa shape index (κ3) is 5.71. The fourth-order valence-corrected chi connectivity index (χ4v) is 4.32. The first kappa shape index (κ1) is 23.0. The zero-order valence-electron chi connectivity index (χ0n) is 17.0. The van der Waals surface area contributed by atoms with E-state index in [-0.39, 0.29) is 29.1 Å². The summed E-state index contributed by atoms with van der Waals surface area (Å²) in [4.78, 5) is 14.6. The number of hydrogen-bond acceptors (Lipinski definition) is 4. The third-order valence-electron chi connectivity index (χ3n) is 4.55. The molecule has 0 aliphatic carbocycles. The van der Waals surface area contributed by atoms with E-state index in [0.717, 1.165) is 24.3 Å². The molecule has 0 saturated heterocycles. The van der Waals surface area contributed by atoms with Gasteiger partial charge in [-0.05, 0) is 83.9 Å². The Morgan fingerprint density at radius 1 is 1.03 bits per heavy atom. The van der Waals surface area contributed by atoms with Gasteiger partial charge in [0, 0.05) is 17.1 Å². The monoisotopic (exact) mass is 505 g/mol. The minimum Gasteiger partial charge on any atom is -0.379 e. The maximum absolute atomic E-state index is 13.1. The highest BCUT2D eigenvalue weighted by molar-refractivity contribution is 9.10. The normalized spacial score (nSPS) is 11.4. The molecule has 0 aliphatic heterocycles. The molecule has 0 spiro atoms. The summed E-state index contributed by atoms with van der Waals surface area (Å²) in [7, 11) is -4.11. The van der Waals surface area contributed by atoms with E-state index in [4.69, 9.17) is 4.18 Å². The van der Waals surface area contributed by atoms with Crippen molar-refractivity contribution in [1.82, 2.24) is 4.90 Å². The van der Waals surface area contributed by atoms with Crippen molar-refractivity contribution in [2.24, 2.45) is 0 Å². The Balaban J connectivity index is 1.82. The summed E-state index contributed by atoms with van der Waals surface area (Å²) in [5, 5.41) is 0. The molecule has 3 aromatic rings. The van der Waals surface area contributed by atoms with Gasteiger partial charge in [-0.3, -0.25) is 4.79 Å².